The largest absolute Gasteiger partial charge is 0.323 e. The van der Waals surface area contributed by atoms with Crippen LogP contribution >= 0.6 is 11.8 Å². The lowest BCUT2D eigenvalue weighted by atomic mass is 10.1. The summed E-state index contributed by atoms with van der Waals surface area (Å²) in [6.45, 7) is 1.98. The molecule has 1 atom stereocenters. The average molecular weight is 280 g/mol. The second-order valence-electron chi connectivity index (χ2n) is 4.11. The predicted molar refractivity (Wildman–Crippen MR) is 71.9 cm³/mol. The van der Waals surface area contributed by atoms with E-state index in [0.29, 0.717) is 0 Å². The number of nitrogens with zero attached hydrogens (tertiary/aromatic N) is 1. The van der Waals surface area contributed by atoms with Gasteiger partial charge in [-0.1, -0.05) is 18.7 Å². The van der Waals surface area contributed by atoms with Crippen LogP contribution in [0.3, 0.4) is 0 Å². The van der Waals surface area contributed by atoms with E-state index in [1.807, 2.05) is 19.1 Å². The van der Waals surface area contributed by atoms with Crippen LogP contribution in [0.4, 0.5) is 8.78 Å². The van der Waals surface area contributed by atoms with E-state index in [-0.39, 0.29) is 10.9 Å². The van der Waals surface area contributed by atoms with E-state index in [0.717, 1.165) is 40.9 Å². The third-order valence-corrected chi connectivity index (χ3v) is 3.71. The third-order valence-electron chi connectivity index (χ3n) is 2.70. The van der Waals surface area contributed by atoms with Crippen molar-refractivity contribution in [2.45, 2.75) is 29.2 Å². The summed E-state index contributed by atoms with van der Waals surface area (Å²) in [6.07, 6.45) is 2.43. The Hall–Kier alpha value is -1.46. The summed E-state index contributed by atoms with van der Waals surface area (Å²) in [4.78, 5) is 5.23. The normalized spacial score (nSPS) is 12.4. The maximum Gasteiger partial charge on any atom is 0.137 e. The molecule has 0 saturated carbocycles. The number of aromatic nitrogens is 1. The lowest BCUT2D eigenvalue weighted by molar-refractivity contribution is 0.577. The van der Waals surface area contributed by atoms with E-state index in [1.165, 1.54) is 6.07 Å². The Morgan fingerprint density at radius 3 is 2.68 bits per heavy atom. The first-order chi connectivity index (χ1) is 9.10. The number of hydrogen-bond acceptors (Lipinski definition) is 3. The summed E-state index contributed by atoms with van der Waals surface area (Å²) in [5.41, 5.74) is 6.66. The van der Waals surface area contributed by atoms with Gasteiger partial charge in [0.15, 0.2) is 0 Å². The zero-order valence-electron chi connectivity index (χ0n) is 10.4. The van der Waals surface area contributed by atoms with Crippen LogP contribution in [0.25, 0.3) is 0 Å². The highest BCUT2D eigenvalue weighted by Crippen LogP contribution is 2.30. The van der Waals surface area contributed by atoms with E-state index in [2.05, 4.69) is 4.98 Å². The van der Waals surface area contributed by atoms with Crippen LogP contribution in [0.2, 0.25) is 0 Å². The van der Waals surface area contributed by atoms with Crippen molar-refractivity contribution in [1.82, 2.24) is 4.98 Å². The van der Waals surface area contributed by atoms with Crippen LogP contribution in [0, 0.1) is 11.6 Å². The standard InChI is InChI=1S/C14H14F2N2S/c1-2-12(17)13-6-4-10(8-18-13)19-14-7-9(15)3-5-11(14)16/h3-8,12H,2,17H2,1H3/t12-/m1/s1. The van der Waals surface area contributed by atoms with Crippen LogP contribution in [-0.2, 0) is 0 Å². The molecular weight excluding hydrogens is 266 g/mol. The summed E-state index contributed by atoms with van der Waals surface area (Å²) < 4.78 is 26.5. The zero-order valence-corrected chi connectivity index (χ0v) is 11.3. The van der Waals surface area contributed by atoms with Gasteiger partial charge < -0.3 is 5.73 Å². The van der Waals surface area contributed by atoms with Crippen molar-refractivity contribution in [3.8, 4) is 0 Å². The quantitative estimate of drug-likeness (QED) is 0.922. The van der Waals surface area contributed by atoms with E-state index in [9.17, 15) is 8.78 Å². The highest BCUT2D eigenvalue weighted by Gasteiger charge is 2.08. The minimum atomic E-state index is -0.457. The van der Waals surface area contributed by atoms with Gasteiger partial charge in [0.1, 0.15) is 11.6 Å². The molecule has 2 rings (SSSR count). The molecule has 0 saturated heterocycles. The molecule has 0 fully saturated rings. The van der Waals surface area contributed by atoms with Gasteiger partial charge in [-0.3, -0.25) is 4.98 Å². The number of hydrogen-bond donors (Lipinski definition) is 1. The minimum Gasteiger partial charge on any atom is -0.323 e. The van der Waals surface area contributed by atoms with Crippen LogP contribution in [0.5, 0.6) is 0 Å². The Labute approximate surface area is 115 Å². The maximum atomic E-state index is 13.5. The van der Waals surface area contributed by atoms with Crippen molar-refractivity contribution >= 4 is 11.8 Å². The van der Waals surface area contributed by atoms with Gasteiger partial charge in [0.05, 0.1) is 10.6 Å². The van der Waals surface area contributed by atoms with Crippen LogP contribution < -0.4 is 5.73 Å². The number of pyridine rings is 1. The molecular formula is C14H14F2N2S. The van der Waals surface area contributed by atoms with E-state index < -0.39 is 11.6 Å². The summed E-state index contributed by atoms with van der Waals surface area (Å²) >= 11 is 1.14. The van der Waals surface area contributed by atoms with Crippen molar-refractivity contribution < 1.29 is 8.78 Å². The van der Waals surface area contributed by atoms with Crippen molar-refractivity contribution in [1.29, 1.82) is 0 Å². The molecule has 1 aromatic carbocycles. The lowest BCUT2D eigenvalue weighted by Crippen LogP contribution is -2.10. The van der Waals surface area contributed by atoms with Gasteiger partial charge in [0.25, 0.3) is 0 Å². The zero-order chi connectivity index (χ0) is 13.8. The smallest absolute Gasteiger partial charge is 0.137 e. The molecule has 100 valence electrons. The molecule has 0 bridgehead atoms. The summed E-state index contributed by atoms with van der Waals surface area (Å²) in [5, 5.41) is 0. The monoisotopic (exact) mass is 280 g/mol. The van der Waals surface area contributed by atoms with Crippen LogP contribution in [-0.4, -0.2) is 4.98 Å². The fourth-order valence-electron chi connectivity index (χ4n) is 1.56. The van der Waals surface area contributed by atoms with Crippen molar-refractivity contribution in [3.05, 3.63) is 53.9 Å². The van der Waals surface area contributed by atoms with Gasteiger partial charge >= 0.3 is 0 Å². The lowest BCUT2D eigenvalue weighted by Gasteiger charge is -2.08. The van der Waals surface area contributed by atoms with Crippen molar-refractivity contribution in [3.63, 3.8) is 0 Å². The highest BCUT2D eigenvalue weighted by atomic mass is 32.2. The Balaban J connectivity index is 2.17. The molecule has 19 heavy (non-hydrogen) atoms. The Morgan fingerprint density at radius 2 is 2.05 bits per heavy atom. The molecule has 0 radical (unpaired) electrons. The van der Waals surface area contributed by atoms with E-state index in [4.69, 9.17) is 5.73 Å². The van der Waals surface area contributed by atoms with Gasteiger partial charge in [-0.05, 0) is 36.8 Å². The Morgan fingerprint density at radius 1 is 1.26 bits per heavy atom. The third kappa shape index (κ3) is 3.52. The summed E-state index contributed by atoms with van der Waals surface area (Å²) in [5.74, 6) is -0.901. The van der Waals surface area contributed by atoms with Crippen LogP contribution in [0.15, 0.2) is 46.3 Å². The predicted octanol–water partition coefficient (Wildman–Crippen LogP) is 3.92. The number of nitrogens with two attached hydrogens (primary N) is 1. The van der Waals surface area contributed by atoms with Gasteiger partial charge in [-0.25, -0.2) is 8.78 Å². The van der Waals surface area contributed by atoms with Crippen molar-refractivity contribution in [2.75, 3.05) is 0 Å². The molecule has 2 aromatic rings. The van der Waals surface area contributed by atoms with Gasteiger partial charge in [-0.15, -0.1) is 0 Å². The first kappa shape index (κ1) is 14.0. The summed E-state index contributed by atoms with van der Waals surface area (Å²) in [7, 11) is 0. The molecule has 0 spiro atoms. The first-order valence-electron chi connectivity index (χ1n) is 5.94. The molecule has 0 amide bonds. The highest BCUT2D eigenvalue weighted by molar-refractivity contribution is 7.99. The molecule has 0 aliphatic rings. The molecule has 5 heteroatoms. The SMILES string of the molecule is CC[C@@H](N)c1ccc(Sc2cc(F)ccc2F)cn1. The minimum absolute atomic E-state index is 0.0926. The molecule has 0 aliphatic heterocycles. The molecule has 1 aromatic heterocycles. The van der Waals surface area contributed by atoms with E-state index >= 15 is 0 Å². The fraction of sp³-hybridized carbons (Fsp3) is 0.214. The van der Waals surface area contributed by atoms with E-state index in [1.54, 1.807) is 6.20 Å². The van der Waals surface area contributed by atoms with Gasteiger partial charge in [-0.2, -0.15) is 0 Å². The van der Waals surface area contributed by atoms with Gasteiger partial charge in [0, 0.05) is 17.1 Å². The fourth-order valence-corrected chi connectivity index (χ4v) is 2.40. The maximum absolute atomic E-state index is 13.5. The number of halogens is 2. The topological polar surface area (TPSA) is 38.9 Å². The molecule has 2 nitrogen and oxygen atoms in total. The Kier molecular flexibility index (Phi) is 4.50. The molecule has 1 heterocycles. The molecule has 2 N–H and O–H groups in total. The second-order valence-corrected chi connectivity index (χ2v) is 5.23. The molecule has 0 unspecified atom stereocenters. The Bertz CT molecular complexity index is 558. The van der Waals surface area contributed by atoms with Crippen molar-refractivity contribution in [2.24, 2.45) is 5.73 Å². The average Bonchev–Trinajstić information content (AvgIpc) is 2.43. The summed E-state index contributed by atoms with van der Waals surface area (Å²) in [6, 6.07) is 6.92. The van der Waals surface area contributed by atoms with Gasteiger partial charge in [0.2, 0.25) is 0 Å². The first-order valence-corrected chi connectivity index (χ1v) is 6.76. The number of benzene rings is 1. The molecule has 0 aliphatic carbocycles. The number of rotatable bonds is 4. The van der Waals surface area contributed by atoms with Crippen LogP contribution in [0.1, 0.15) is 25.1 Å². The second kappa shape index (κ2) is 6.12.